The molecule has 0 radical (unpaired) electrons. The molecule has 2 heterocycles. The summed E-state index contributed by atoms with van der Waals surface area (Å²) in [7, 11) is 0. The fourth-order valence-corrected chi connectivity index (χ4v) is 3.06. The number of anilines is 1. The Hall–Kier alpha value is -2.46. The molecule has 3 nitrogen and oxygen atoms in total. The lowest BCUT2D eigenvalue weighted by molar-refractivity contribution is 0.103. The van der Waals surface area contributed by atoms with E-state index in [1.807, 2.05) is 41.8 Å². The monoisotopic (exact) mass is 294 g/mol. The van der Waals surface area contributed by atoms with E-state index < -0.39 is 0 Å². The van der Waals surface area contributed by atoms with Gasteiger partial charge in [-0.1, -0.05) is 24.3 Å². The second-order valence-electron chi connectivity index (χ2n) is 4.60. The van der Waals surface area contributed by atoms with Crippen LogP contribution in [0.2, 0.25) is 0 Å². The van der Waals surface area contributed by atoms with Gasteiger partial charge in [-0.2, -0.15) is 0 Å². The number of nitrogens with zero attached hydrogens (tertiary/aromatic N) is 1. The molecular weight excluding hydrogens is 280 g/mol. The van der Waals surface area contributed by atoms with Gasteiger partial charge in [0.1, 0.15) is 0 Å². The van der Waals surface area contributed by atoms with Crippen LogP contribution < -0.4 is 5.32 Å². The fraction of sp³-hybridized carbons (Fsp3) is 0.0588. The van der Waals surface area contributed by atoms with E-state index in [9.17, 15) is 4.79 Å². The van der Waals surface area contributed by atoms with Crippen molar-refractivity contribution in [2.24, 2.45) is 0 Å². The summed E-state index contributed by atoms with van der Waals surface area (Å²) in [5.41, 5.74) is 2.53. The summed E-state index contributed by atoms with van der Waals surface area (Å²) in [5.74, 6) is -0.0972. The molecule has 1 amide bonds. The van der Waals surface area contributed by atoms with Crippen molar-refractivity contribution >= 4 is 33.8 Å². The molecule has 1 N–H and O–H groups in total. The first-order chi connectivity index (χ1) is 10.3. The molecule has 2 aromatic heterocycles. The van der Waals surface area contributed by atoms with Crippen LogP contribution in [0.1, 0.15) is 15.2 Å². The molecule has 0 saturated heterocycles. The van der Waals surface area contributed by atoms with E-state index in [0.29, 0.717) is 6.42 Å². The molecule has 3 aromatic rings. The number of hydrogen-bond acceptors (Lipinski definition) is 3. The van der Waals surface area contributed by atoms with E-state index in [1.54, 1.807) is 12.3 Å². The van der Waals surface area contributed by atoms with E-state index in [-0.39, 0.29) is 5.91 Å². The number of fused-ring (bicyclic) bond motifs is 1. The average Bonchev–Trinajstić information content (AvgIpc) is 2.96. The zero-order chi connectivity index (χ0) is 14.7. The number of amides is 1. The third kappa shape index (κ3) is 2.71. The topological polar surface area (TPSA) is 42.0 Å². The molecule has 0 fully saturated rings. The highest BCUT2D eigenvalue weighted by molar-refractivity contribution is 7.12. The zero-order valence-electron chi connectivity index (χ0n) is 11.4. The van der Waals surface area contributed by atoms with Crippen molar-refractivity contribution in [1.29, 1.82) is 0 Å². The van der Waals surface area contributed by atoms with Crippen LogP contribution in [0.4, 0.5) is 5.69 Å². The van der Waals surface area contributed by atoms with Crippen molar-refractivity contribution < 1.29 is 4.79 Å². The quantitative estimate of drug-likeness (QED) is 0.730. The maximum absolute atomic E-state index is 12.5. The van der Waals surface area contributed by atoms with Crippen LogP contribution in [0.15, 0.2) is 60.6 Å². The van der Waals surface area contributed by atoms with Gasteiger partial charge in [0.2, 0.25) is 0 Å². The van der Waals surface area contributed by atoms with Gasteiger partial charge in [0.05, 0.1) is 16.1 Å². The van der Waals surface area contributed by atoms with Gasteiger partial charge in [-0.15, -0.1) is 17.9 Å². The molecule has 0 unspecified atom stereocenters. The molecule has 1 aromatic carbocycles. The summed E-state index contributed by atoms with van der Waals surface area (Å²) in [6.07, 6.45) is 4.23. The molecule has 3 rings (SSSR count). The fourth-order valence-electron chi connectivity index (χ4n) is 2.24. The number of aromatic nitrogens is 1. The number of benzene rings is 1. The van der Waals surface area contributed by atoms with Crippen molar-refractivity contribution in [3.8, 4) is 0 Å². The minimum atomic E-state index is -0.0972. The van der Waals surface area contributed by atoms with Crippen molar-refractivity contribution in [3.63, 3.8) is 0 Å². The lowest BCUT2D eigenvalue weighted by Gasteiger charge is -2.08. The van der Waals surface area contributed by atoms with Crippen LogP contribution >= 0.6 is 11.3 Å². The van der Waals surface area contributed by atoms with Crippen LogP contribution in [0.5, 0.6) is 0 Å². The highest BCUT2D eigenvalue weighted by atomic mass is 32.1. The molecule has 4 heteroatoms. The summed E-state index contributed by atoms with van der Waals surface area (Å²) in [5, 5.41) is 5.89. The first-order valence-electron chi connectivity index (χ1n) is 6.62. The minimum absolute atomic E-state index is 0.0972. The predicted octanol–water partition coefficient (Wildman–Crippen LogP) is 4.28. The van der Waals surface area contributed by atoms with E-state index in [0.717, 1.165) is 27.0 Å². The number of allylic oxidation sites excluding steroid dienone is 1. The average molecular weight is 294 g/mol. The molecule has 0 aliphatic heterocycles. The van der Waals surface area contributed by atoms with E-state index >= 15 is 0 Å². The third-order valence-corrected chi connectivity index (χ3v) is 4.15. The van der Waals surface area contributed by atoms with Crippen molar-refractivity contribution in [3.05, 3.63) is 71.1 Å². The van der Waals surface area contributed by atoms with Gasteiger partial charge < -0.3 is 5.32 Å². The normalized spacial score (nSPS) is 10.5. The Labute approximate surface area is 127 Å². The molecule has 0 bridgehead atoms. The van der Waals surface area contributed by atoms with Gasteiger partial charge in [0, 0.05) is 11.6 Å². The number of nitrogens with one attached hydrogen (secondary N) is 1. The third-order valence-electron chi connectivity index (χ3n) is 3.20. The maximum atomic E-state index is 12.5. The first kappa shape index (κ1) is 13.5. The number of carbonyl (C=O) groups is 1. The Morgan fingerprint density at radius 1 is 1.29 bits per heavy atom. The number of thiophene rings is 1. The highest BCUT2D eigenvalue weighted by Crippen LogP contribution is 2.24. The highest BCUT2D eigenvalue weighted by Gasteiger charge is 2.13. The van der Waals surface area contributed by atoms with Gasteiger partial charge in [-0.05, 0) is 35.6 Å². The van der Waals surface area contributed by atoms with E-state index in [1.165, 1.54) is 11.3 Å². The van der Waals surface area contributed by atoms with Crippen LogP contribution in [0.25, 0.3) is 10.9 Å². The van der Waals surface area contributed by atoms with Crippen molar-refractivity contribution in [1.82, 2.24) is 4.98 Å². The first-order valence-corrected chi connectivity index (χ1v) is 7.50. The summed E-state index contributed by atoms with van der Waals surface area (Å²) in [6, 6.07) is 11.6. The lowest BCUT2D eigenvalue weighted by Crippen LogP contribution is -2.12. The Morgan fingerprint density at radius 3 is 3.00 bits per heavy atom. The van der Waals surface area contributed by atoms with Crippen LogP contribution in [-0.4, -0.2) is 10.9 Å². The number of pyridine rings is 1. The molecule has 0 saturated carbocycles. The molecule has 21 heavy (non-hydrogen) atoms. The van der Waals surface area contributed by atoms with Crippen molar-refractivity contribution in [2.75, 3.05) is 5.32 Å². The number of rotatable bonds is 4. The van der Waals surface area contributed by atoms with Gasteiger partial charge in [-0.25, -0.2) is 0 Å². The Kier molecular flexibility index (Phi) is 3.79. The molecule has 0 aliphatic carbocycles. The van der Waals surface area contributed by atoms with Gasteiger partial charge in [0.15, 0.2) is 0 Å². The van der Waals surface area contributed by atoms with Gasteiger partial charge in [-0.3, -0.25) is 9.78 Å². The summed E-state index contributed by atoms with van der Waals surface area (Å²) < 4.78 is 0. The minimum Gasteiger partial charge on any atom is -0.319 e. The van der Waals surface area contributed by atoms with Crippen LogP contribution in [0, 0.1) is 0 Å². The summed E-state index contributed by atoms with van der Waals surface area (Å²) in [6.45, 7) is 3.72. The summed E-state index contributed by atoms with van der Waals surface area (Å²) in [4.78, 5) is 17.5. The molecule has 0 spiro atoms. The maximum Gasteiger partial charge on any atom is 0.266 e. The smallest absolute Gasteiger partial charge is 0.266 e. The Bertz CT molecular complexity index is 802. The SMILES string of the molecule is C=CCc1ccsc1C(=O)Nc1cccc2cccnc12. The number of carbonyl (C=O) groups excluding carboxylic acids is 1. The number of para-hydroxylation sites is 1. The van der Waals surface area contributed by atoms with Crippen molar-refractivity contribution in [2.45, 2.75) is 6.42 Å². The predicted molar refractivity (Wildman–Crippen MR) is 87.9 cm³/mol. The Morgan fingerprint density at radius 2 is 2.14 bits per heavy atom. The van der Waals surface area contributed by atoms with Gasteiger partial charge in [0.25, 0.3) is 5.91 Å². The molecular formula is C17H14N2OS. The molecule has 104 valence electrons. The second kappa shape index (κ2) is 5.89. The second-order valence-corrected chi connectivity index (χ2v) is 5.52. The van der Waals surface area contributed by atoms with E-state index in [2.05, 4.69) is 16.9 Å². The molecule has 0 atom stereocenters. The number of hydrogen-bond donors (Lipinski definition) is 1. The Balaban J connectivity index is 1.93. The van der Waals surface area contributed by atoms with Crippen LogP contribution in [0.3, 0.4) is 0 Å². The van der Waals surface area contributed by atoms with E-state index in [4.69, 9.17) is 0 Å². The van der Waals surface area contributed by atoms with Crippen LogP contribution in [-0.2, 0) is 6.42 Å². The lowest BCUT2D eigenvalue weighted by atomic mass is 10.1. The standard InChI is InChI=1S/C17H14N2OS/c1-2-5-13-9-11-21-16(13)17(20)19-14-8-3-6-12-7-4-10-18-15(12)14/h2-4,6-11H,1,5H2,(H,19,20). The molecule has 0 aliphatic rings. The van der Waals surface area contributed by atoms with Gasteiger partial charge >= 0.3 is 0 Å². The zero-order valence-corrected chi connectivity index (χ0v) is 12.2. The summed E-state index contributed by atoms with van der Waals surface area (Å²) >= 11 is 1.44. The largest absolute Gasteiger partial charge is 0.319 e.